The maximum atomic E-state index is 13.1. The number of nitrogens with zero attached hydrogens (tertiary/aromatic N) is 2. The van der Waals surface area contributed by atoms with Gasteiger partial charge in [0.15, 0.2) is 0 Å². The second kappa shape index (κ2) is 12.4. The van der Waals surface area contributed by atoms with E-state index in [9.17, 15) is 5.11 Å². The fourth-order valence-electron chi connectivity index (χ4n) is 11.7. The molecular weight excluding hydrogens is 548 g/mol. The average molecular weight is 609 g/mol. The number of hydrogen-bond donors (Lipinski definition) is 1. The monoisotopic (exact) mass is 608 g/mol. The lowest BCUT2D eigenvalue weighted by Gasteiger charge is -2.65. The van der Waals surface area contributed by atoms with Crippen molar-refractivity contribution < 1.29 is 19.3 Å². The van der Waals surface area contributed by atoms with Crippen molar-refractivity contribution >= 4 is 0 Å². The molecule has 0 spiro atoms. The Morgan fingerprint density at radius 3 is 2.14 bits per heavy atom. The first kappa shape index (κ1) is 31.4. The molecule has 0 amide bonds. The standard InChI is InChI=1S/C38H60N2O4/c1-35-16-14-32(43-26-24-39-20-4-5-21-39)28-30(35)10-13-34-33(35)15-17-36(2)37(34,41)18-19-38(36,29-8-11-31(42-3)12-9-29)44-27-25-40-22-6-7-23-40/h8-9,11-12,30,32-34,41H,4-7,10,13-28H2,1-3H3/t30-,32+,33+,34-,35+,36+,37+,38-/m1/s1. The van der Waals surface area contributed by atoms with Gasteiger partial charge in [0.1, 0.15) is 11.4 Å². The molecule has 2 aliphatic heterocycles. The molecule has 0 aromatic heterocycles. The molecule has 6 heteroatoms. The molecule has 4 aliphatic carbocycles. The van der Waals surface area contributed by atoms with Crippen molar-refractivity contribution in [3.05, 3.63) is 29.8 Å². The molecule has 0 unspecified atom stereocenters. The maximum Gasteiger partial charge on any atom is 0.118 e. The van der Waals surface area contributed by atoms with Crippen LogP contribution in [0.4, 0.5) is 0 Å². The Hall–Kier alpha value is -1.18. The van der Waals surface area contributed by atoms with Crippen molar-refractivity contribution in [3.63, 3.8) is 0 Å². The number of hydrogen-bond acceptors (Lipinski definition) is 6. The summed E-state index contributed by atoms with van der Waals surface area (Å²) in [7, 11) is 1.74. The number of ether oxygens (including phenoxy) is 3. The van der Waals surface area contributed by atoms with Gasteiger partial charge in [0, 0.05) is 18.5 Å². The zero-order valence-corrected chi connectivity index (χ0v) is 28.0. The first-order valence-electron chi connectivity index (χ1n) is 18.4. The van der Waals surface area contributed by atoms with E-state index in [2.05, 4.69) is 47.9 Å². The molecule has 7 rings (SSSR count). The van der Waals surface area contributed by atoms with Crippen molar-refractivity contribution in [2.45, 2.75) is 115 Å². The molecule has 2 heterocycles. The average Bonchev–Trinajstić information content (AvgIpc) is 3.80. The van der Waals surface area contributed by atoms with E-state index >= 15 is 0 Å². The highest BCUT2D eigenvalue weighted by Gasteiger charge is 2.72. The number of benzene rings is 1. The first-order valence-corrected chi connectivity index (χ1v) is 18.4. The summed E-state index contributed by atoms with van der Waals surface area (Å²) < 4.78 is 19.3. The summed E-state index contributed by atoms with van der Waals surface area (Å²) >= 11 is 0. The van der Waals surface area contributed by atoms with E-state index in [1.807, 2.05) is 0 Å². The lowest BCUT2D eigenvalue weighted by atomic mass is 9.42. The molecule has 2 saturated heterocycles. The molecule has 1 aromatic carbocycles. The van der Waals surface area contributed by atoms with E-state index in [-0.39, 0.29) is 5.41 Å². The van der Waals surface area contributed by atoms with Crippen LogP contribution in [0.2, 0.25) is 0 Å². The van der Waals surface area contributed by atoms with Gasteiger partial charge in [-0.25, -0.2) is 0 Å². The van der Waals surface area contributed by atoms with Gasteiger partial charge in [0.25, 0.3) is 0 Å². The second-order valence-electron chi connectivity index (χ2n) is 16.1. The van der Waals surface area contributed by atoms with Crippen molar-refractivity contribution in [1.29, 1.82) is 0 Å². The highest BCUT2D eigenvalue weighted by atomic mass is 16.5. The molecule has 1 aromatic rings. The minimum atomic E-state index is -0.708. The van der Waals surface area contributed by atoms with E-state index < -0.39 is 11.2 Å². The highest BCUT2D eigenvalue weighted by molar-refractivity contribution is 5.37. The topological polar surface area (TPSA) is 54.4 Å². The van der Waals surface area contributed by atoms with E-state index in [0.29, 0.717) is 29.3 Å². The van der Waals surface area contributed by atoms with E-state index in [1.165, 1.54) is 89.5 Å². The number of likely N-dealkylation sites (tertiary alicyclic amines) is 2. The fourth-order valence-corrected chi connectivity index (χ4v) is 11.7. The van der Waals surface area contributed by atoms with Gasteiger partial charge in [-0.3, -0.25) is 0 Å². The molecule has 8 atom stereocenters. The van der Waals surface area contributed by atoms with Crippen LogP contribution in [0, 0.1) is 28.6 Å². The van der Waals surface area contributed by atoms with Gasteiger partial charge >= 0.3 is 0 Å². The van der Waals surface area contributed by atoms with Crippen LogP contribution in [0.15, 0.2) is 24.3 Å². The van der Waals surface area contributed by atoms with Crippen LogP contribution in [0.1, 0.15) is 103 Å². The molecule has 0 bridgehead atoms. The number of rotatable bonds is 10. The van der Waals surface area contributed by atoms with Crippen molar-refractivity contribution in [3.8, 4) is 5.75 Å². The lowest BCUT2D eigenvalue weighted by molar-refractivity contribution is -0.249. The van der Waals surface area contributed by atoms with Crippen LogP contribution in [0.25, 0.3) is 0 Å². The number of aliphatic hydroxyl groups is 1. The summed E-state index contributed by atoms with van der Waals surface area (Å²) in [6, 6.07) is 8.62. The zero-order chi connectivity index (χ0) is 30.4. The lowest BCUT2D eigenvalue weighted by Crippen LogP contribution is -2.65. The molecule has 6 fully saturated rings. The van der Waals surface area contributed by atoms with Crippen molar-refractivity contribution in [2.75, 3.05) is 59.6 Å². The van der Waals surface area contributed by atoms with Gasteiger partial charge < -0.3 is 29.1 Å². The quantitative estimate of drug-likeness (QED) is 0.321. The van der Waals surface area contributed by atoms with Crippen LogP contribution < -0.4 is 4.74 Å². The van der Waals surface area contributed by atoms with E-state index in [1.54, 1.807) is 7.11 Å². The normalized spacial score (nSPS) is 42.6. The SMILES string of the molecule is COc1ccc([C@]2(OCCN3CCCC3)CC[C@]3(O)[C@@H]4CC[C@@H]5C[C@@H](OCCN6CCCC6)CC[C@]5(C)[C@H]4CC[C@]23C)cc1. The van der Waals surface area contributed by atoms with Crippen LogP contribution in [-0.2, 0) is 15.1 Å². The van der Waals surface area contributed by atoms with E-state index in [4.69, 9.17) is 14.2 Å². The van der Waals surface area contributed by atoms with Gasteiger partial charge in [-0.1, -0.05) is 26.0 Å². The molecular formula is C38H60N2O4. The Morgan fingerprint density at radius 1 is 0.773 bits per heavy atom. The van der Waals surface area contributed by atoms with Crippen LogP contribution >= 0.6 is 0 Å². The fraction of sp³-hybridized carbons (Fsp3) is 0.842. The minimum Gasteiger partial charge on any atom is -0.497 e. The maximum absolute atomic E-state index is 13.1. The summed E-state index contributed by atoms with van der Waals surface area (Å²) in [4.78, 5) is 5.12. The van der Waals surface area contributed by atoms with E-state index in [0.717, 1.165) is 57.7 Å². The first-order chi connectivity index (χ1) is 21.3. The molecule has 6 nitrogen and oxygen atoms in total. The van der Waals surface area contributed by atoms with Crippen LogP contribution in [0.3, 0.4) is 0 Å². The summed E-state index contributed by atoms with van der Waals surface area (Å²) in [5.41, 5.74) is 0.0251. The summed E-state index contributed by atoms with van der Waals surface area (Å²) in [6.07, 6.45) is 15.7. The van der Waals surface area contributed by atoms with Gasteiger partial charge in [-0.2, -0.15) is 0 Å². The third-order valence-electron chi connectivity index (χ3n) is 14.4. The van der Waals surface area contributed by atoms with Gasteiger partial charge in [-0.05, 0) is 151 Å². The third-order valence-corrected chi connectivity index (χ3v) is 14.4. The molecule has 6 aliphatic rings. The predicted octanol–water partition coefficient (Wildman–Crippen LogP) is 6.64. The smallest absolute Gasteiger partial charge is 0.118 e. The van der Waals surface area contributed by atoms with Crippen molar-refractivity contribution in [1.82, 2.24) is 9.80 Å². The molecule has 44 heavy (non-hydrogen) atoms. The van der Waals surface area contributed by atoms with Crippen LogP contribution in [0.5, 0.6) is 5.75 Å². The Morgan fingerprint density at radius 2 is 1.45 bits per heavy atom. The molecule has 0 radical (unpaired) electrons. The van der Waals surface area contributed by atoms with Crippen LogP contribution in [-0.4, -0.2) is 86.2 Å². The third kappa shape index (κ3) is 5.18. The van der Waals surface area contributed by atoms with Gasteiger partial charge in [0.05, 0.1) is 32.0 Å². The van der Waals surface area contributed by atoms with Gasteiger partial charge in [-0.15, -0.1) is 0 Å². The number of methoxy groups -OCH3 is 1. The number of fused-ring (bicyclic) bond motifs is 5. The molecule has 4 saturated carbocycles. The predicted molar refractivity (Wildman–Crippen MR) is 175 cm³/mol. The largest absolute Gasteiger partial charge is 0.497 e. The Kier molecular flexibility index (Phi) is 8.89. The Bertz CT molecular complexity index is 1120. The highest BCUT2D eigenvalue weighted by Crippen LogP contribution is 2.72. The Balaban J connectivity index is 1.09. The molecule has 246 valence electrons. The summed E-state index contributed by atoms with van der Waals surface area (Å²) in [6.45, 7) is 13.6. The van der Waals surface area contributed by atoms with Gasteiger partial charge in [0.2, 0.25) is 0 Å². The minimum absolute atomic E-state index is 0.302. The van der Waals surface area contributed by atoms with Crippen molar-refractivity contribution in [2.24, 2.45) is 28.6 Å². The molecule has 1 N–H and O–H groups in total. The summed E-state index contributed by atoms with van der Waals surface area (Å²) in [5.74, 6) is 2.52. The zero-order valence-electron chi connectivity index (χ0n) is 28.0. The second-order valence-corrected chi connectivity index (χ2v) is 16.1. The Labute approximate surface area is 267 Å². The summed E-state index contributed by atoms with van der Waals surface area (Å²) in [5, 5.41) is 13.1.